The molecule has 0 saturated heterocycles. The molecule has 0 aliphatic rings. The summed E-state index contributed by atoms with van der Waals surface area (Å²) < 4.78 is 5.88. The molecule has 0 radical (unpaired) electrons. The maximum atomic E-state index is 12.2. The van der Waals surface area contributed by atoms with Gasteiger partial charge in [0.15, 0.2) is 0 Å². The molecule has 1 heterocycles. The summed E-state index contributed by atoms with van der Waals surface area (Å²) in [5.74, 6) is -0.795. The van der Waals surface area contributed by atoms with Gasteiger partial charge in [-0.1, -0.05) is 41.9 Å². The quantitative estimate of drug-likeness (QED) is 0.660. The van der Waals surface area contributed by atoms with Gasteiger partial charge in [0.25, 0.3) is 0 Å². The van der Waals surface area contributed by atoms with E-state index in [2.05, 4.69) is 10.6 Å². The van der Waals surface area contributed by atoms with Crippen LogP contribution in [0.4, 0.5) is 5.69 Å². The zero-order valence-corrected chi connectivity index (χ0v) is 15.8. The van der Waals surface area contributed by atoms with Gasteiger partial charge in [0.1, 0.15) is 11.3 Å². The Morgan fingerprint density at radius 1 is 1.07 bits per heavy atom. The zero-order chi connectivity index (χ0) is 19.4. The van der Waals surface area contributed by atoms with E-state index in [0.717, 1.165) is 11.0 Å². The fourth-order valence-electron chi connectivity index (χ4n) is 2.72. The molecule has 0 aliphatic carbocycles. The first-order chi connectivity index (χ1) is 13.0. The minimum absolute atomic E-state index is 0.213. The van der Waals surface area contributed by atoms with Crippen molar-refractivity contribution < 1.29 is 14.0 Å². The van der Waals surface area contributed by atoms with Crippen molar-refractivity contribution >= 4 is 40.1 Å². The number of likely N-dealkylation sites (N-methyl/N-ethyl adjacent to an activating group) is 1. The zero-order valence-electron chi connectivity index (χ0n) is 15.0. The van der Waals surface area contributed by atoms with Crippen LogP contribution in [0.1, 0.15) is 11.8 Å². The van der Waals surface area contributed by atoms with E-state index in [-0.39, 0.29) is 12.6 Å². The lowest BCUT2D eigenvalue weighted by molar-refractivity contribution is -0.136. The van der Waals surface area contributed by atoms with E-state index in [1.54, 1.807) is 24.3 Å². The molecule has 1 unspecified atom stereocenters. The Bertz CT molecular complexity index is 935. The molecule has 2 N–H and O–H groups in total. The van der Waals surface area contributed by atoms with Crippen molar-refractivity contribution in [3.8, 4) is 0 Å². The largest absolute Gasteiger partial charge is 0.459 e. The molecule has 0 bridgehead atoms. The van der Waals surface area contributed by atoms with Crippen LogP contribution in [0, 0.1) is 0 Å². The van der Waals surface area contributed by atoms with E-state index in [1.165, 1.54) is 0 Å². The highest BCUT2D eigenvalue weighted by atomic mass is 35.5. The number of furan rings is 1. The fraction of sp³-hybridized carbons (Fsp3) is 0.200. The molecule has 0 aliphatic heterocycles. The van der Waals surface area contributed by atoms with Gasteiger partial charge in [0.2, 0.25) is 0 Å². The molecule has 0 fully saturated rings. The summed E-state index contributed by atoms with van der Waals surface area (Å²) in [7, 11) is 3.77. The third-order valence-electron chi connectivity index (χ3n) is 4.18. The summed E-state index contributed by atoms with van der Waals surface area (Å²) in [4.78, 5) is 26.2. The second-order valence-corrected chi connectivity index (χ2v) is 6.72. The first-order valence-electron chi connectivity index (χ1n) is 8.44. The predicted molar refractivity (Wildman–Crippen MR) is 106 cm³/mol. The van der Waals surface area contributed by atoms with Crippen LogP contribution >= 0.6 is 11.6 Å². The molecule has 0 saturated carbocycles. The van der Waals surface area contributed by atoms with Crippen molar-refractivity contribution in [3.63, 3.8) is 0 Å². The van der Waals surface area contributed by atoms with E-state index in [1.807, 2.05) is 49.3 Å². The van der Waals surface area contributed by atoms with Crippen molar-refractivity contribution in [2.75, 3.05) is 26.0 Å². The number of rotatable bonds is 5. The Kier molecular flexibility index (Phi) is 5.78. The van der Waals surface area contributed by atoms with Gasteiger partial charge >= 0.3 is 11.8 Å². The first kappa shape index (κ1) is 18.9. The maximum absolute atomic E-state index is 12.2. The lowest BCUT2D eigenvalue weighted by Crippen LogP contribution is -2.40. The van der Waals surface area contributed by atoms with Crippen LogP contribution in [0.3, 0.4) is 0 Å². The van der Waals surface area contributed by atoms with Gasteiger partial charge in [-0.2, -0.15) is 0 Å². The highest BCUT2D eigenvalue weighted by molar-refractivity contribution is 6.41. The minimum Gasteiger partial charge on any atom is -0.459 e. The summed E-state index contributed by atoms with van der Waals surface area (Å²) in [5.41, 5.74) is 1.17. The summed E-state index contributed by atoms with van der Waals surface area (Å²) in [6.45, 7) is 0.224. The average molecular weight is 386 g/mol. The van der Waals surface area contributed by atoms with Gasteiger partial charge in [-0.25, -0.2) is 0 Å². The molecular weight excluding hydrogens is 366 g/mol. The van der Waals surface area contributed by atoms with Crippen molar-refractivity contribution in [2.24, 2.45) is 0 Å². The van der Waals surface area contributed by atoms with Gasteiger partial charge in [-0.15, -0.1) is 0 Å². The lowest BCUT2D eigenvalue weighted by atomic mass is 10.2. The third-order valence-corrected chi connectivity index (χ3v) is 4.51. The van der Waals surface area contributed by atoms with E-state index in [9.17, 15) is 9.59 Å². The maximum Gasteiger partial charge on any atom is 0.313 e. The Labute approximate surface area is 162 Å². The number of fused-ring (bicyclic) bond motifs is 1. The van der Waals surface area contributed by atoms with Crippen LogP contribution in [0.2, 0.25) is 5.02 Å². The standard InChI is InChI=1S/C20H20ClN3O3/c1-24(2)16(18-11-13-7-3-6-10-17(13)27-18)12-22-19(25)20(26)23-15-9-5-4-8-14(15)21/h3-11,16H,12H2,1-2H3,(H,22,25)(H,23,26). The number of halogens is 1. The number of carbonyl (C=O) groups excluding carboxylic acids is 2. The number of benzene rings is 2. The first-order valence-corrected chi connectivity index (χ1v) is 8.82. The molecule has 2 amide bonds. The Morgan fingerprint density at radius 3 is 2.48 bits per heavy atom. The summed E-state index contributed by atoms with van der Waals surface area (Å²) in [5, 5.41) is 6.51. The topological polar surface area (TPSA) is 74.6 Å². The van der Waals surface area contributed by atoms with Gasteiger partial charge in [-0.05, 0) is 38.4 Å². The minimum atomic E-state index is -0.773. The van der Waals surface area contributed by atoms with Crippen molar-refractivity contribution in [3.05, 3.63) is 65.4 Å². The molecule has 3 aromatic rings. The number of anilines is 1. The van der Waals surface area contributed by atoms with Crippen molar-refractivity contribution in [2.45, 2.75) is 6.04 Å². The number of hydrogen-bond acceptors (Lipinski definition) is 4. The Hall–Kier alpha value is -2.83. The van der Waals surface area contributed by atoms with Crippen molar-refractivity contribution in [1.82, 2.24) is 10.2 Å². The summed E-state index contributed by atoms with van der Waals surface area (Å²) >= 11 is 6.00. The van der Waals surface area contributed by atoms with E-state index < -0.39 is 11.8 Å². The lowest BCUT2D eigenvalue weighted by Gasteiger charge is -2.22. The number of carbonyl (C=O) groups is 2. The second-order valence-electron chi connectivity index (χ2n) is 6.31. The fourth-order valence-corrected chi connectivity index (χ4v) is 2.90. The Balaban J connectivity index is 1.66. The number of amides is 2. The molecule has 3 rings (SSSR count). The smallest absolute Gasteiger partial charge is 0.313 e. The molecule has 0 spiro atoms. The van der Waals surface area contributed by atoms with Gasteiger partial charge < -0.3 is 15.1 Å². The Morgan fingerprint density at radius 2 is 1.78 bits per heavy atom. The second kappa shape index (κ2) is 8.24. The van der Waals surface area contributed by atoms with Gasteiger partial charge in [-0.3, -0.25) is 14.5 Å². The summed E-state index contributed by atoms with van der Waals surface area (Å²) in [6.07, 6.45) is 0. The highest BCUT2D eigenvalue weighted by Gasteiger charge is 2.22. The van der Waals surface area contributed by atoms with Crippen molar-refractivity contribution in [1.29, 1.82) is 0 Å². The molecular formula is C20H20ClN3O3. The molecule has 2 aromatic carbocycles. The number of nitrogens with zero attached hydrogens (tertiary/aromatic N) is 1. The molecule has 6 nitrogen and oxygen atoms in total. The number of hydrogen-bond donors (Lipinski definition) is 2. The molecule has 7 heteroatoms. The highest BCUT2D eigenvalue weighted by Crippen LogP contribution is 2.26. The molecule has 1 atom stereocenters. The van der Waals surface area contributed by atoms with E-state index in [0.29, 0.717) is 16.5 Å². The van der Waals surface area contributed by atoms with Gasteiger partial charge in [0, 0.05) is 11.9 Å². The van der Waals surface area contributed by atoms with Crippen LogP contribution in [-0.4, -0.2) is 37.4 Å². The SMILES string of the molecule is CN(C)C(CNC(=O)C(=O)Nc1ccccc1Cl)c1cc2ccccc2o1. The molecule has 1 aromatic heterocycles. The van der Waals surface area contributed by atoms with Crippen LogP contribution < -0.4 is 10.6 Å². The van der Waals surface area contributed by atoms with E-state index in [4.69, 9.17) is 16.0 Å². The van der Waals surface area contributed by atoms with Crippen LogP contribution in [-0.2, 0) is 9.59 Å². The van der Waals surface area contributed by atoms with Crippen LogP contribution in [0.25, 0.3) is 11.0 Å². The average Bonchev–Trinajstić information content (AvgIpc) is 3.06. The monoisotopic (exact) mass is 385 g/mol. The van der Waals surface area contributed by atoms with Crippen LogP contribution in [0.5, 0.6) is 0 Å². The number of para-hydroxylation sites is 2. The molecule has 140 valence electrons. The normalized spacial score (nSPS) is 12.1. The van der Waals surface area contributed by atoms with Crippen LogP contribution in [0.15, 0.2) is 59.0 Å². The number of nitrogens with one attached hydrogen (secondary N) is 2. The van der Waals surface area contributed by atoms with Gasteiger partial charge in [0.05, 0.1) is 16.8 Å². The summed E-state index contributed by atoms with van der Waals surface area (Å²) in [6, 6.07) is 16.2. The predicted octanol–water partition coefficient (Wildman–Crippen LogP) is 3.44. The third kappa shape index (κ3) is 4.48. The van der Waals surface area contributed by atoms with E-state index >= 15 is 0 Å². The molecule has 27 heavy (non-hydrogen) atoms.